The van der Waals surface area contributed by atoms with Crippen LogP contribution >= 0.6 is 27.3 Å². The standard InChI is InChI=1S/C13H23BrN2S/c1-4-10(3)8-16(5-2)12(7-15)13-6-11(14)9-17-13/h6,9-10,12H,4-5,7-8,15H2,1-3H3. The summed E-state index contributed by atoms with van der Waals surface area (Å²) in [6.07, 6.45) is 1.22. The van der Waals surface area contributed by atoms with Gasteiger partial charge < -0.3 is 5.73 Å². The number of thiophene rings is 1. The summed E-state index contributed by atoms with van der Waals surface area (Å²) in [5.41, 5.74) is 5.96. The second-order valence-corrected chi connectivity index (χ2v) is 6.38. The van der Waals surface area contributed by atoms with Crippen molar-refractivity contribution in [2.24, 2.45) is 11.7 Å². The second-order valence-electron chi connectivity index (χ2n) is 4.52. The van der Waals surface area contributed by atoms with Crippen LogP contribution in [0.15, 0.2) is 15.9 Å². The first kappa shape index (κ1) is 15.2. The van der Waals surface area contributed by atoms with Gasteiger partial charge in [-0.2, -0.15) is 0 Å². The van der Waals surface area contributed by atoms with Gasteiger partial charge in [-0.05, 0) is 34.5 Å². The Hall–Kier alpha value is 0.1000. The Balaban J connectivity index is 2.76. The van der Waals surface area contributed by atoms with Crippen LogP contribution in [0.3, 0.4) is 0 Å². The van der Waals surface area contributed by atoms with Gasteiger partial charge >= 0.3 is 0 Å². The minimum Gasteiger partial charge on any atom is -0.329 e. The third-order valence-electron chi connectivity index (χ3n) is 3.23. The molecule has 0 aromatic carbocycles. The minimum absolute atomic E-state index is 0.366. The molecule has 0 saturated carbocycles. The molecule has 4 heteroatoms. The van der Waals surface area contributed by atoms with Crippen molar-refractivity contribution in [3.63, 3.8) is 0 Å². The molecule has 0 aliphatic heterocycles. The van der Waals surface area contributed by atoms with Crippen LogP contribution < -0.4 is 5.73 Å². The summed E-state index contributed by atoms with van der Waals surface area (Å²) in [5.74, 6) is 0.729. The zero-order chi connectivity index (χ0) is 12.8. The lowest BCUT2D eigenvalue weighted by Gasteiger charge is -2.31. The van der Waals surface area contributed by atoms with Crippen molar-refractivity contribution in [2.75, 3.05) is 19.6 Å². The number of nitrogens with two attached hydrogens (primary N) is 1. The molecule has 0 amide bonds. The summed E-state index contributed by atoms with van der Waals surface area (Å²) in [7, 11) is 0. The molecule has 0 fully saturated rings. The summed E-state index contributed by atoms with van der Waals surface area (Å²) < 4.78 is 1.16. The van der Waals surface area contributed by atoms with Gasteiger partial charge in [0.05, 0.1) is 6.04 Å². The van der Waals surface area contributed by atoms with E-state index in [9.17, 15) is 0 Å². The molecule has 2 atom stereocenters. The van der Waals surface area contributed by atoms with Crippen LogP contribution in [-0.2, 0) is 0 Å². The molecule has 98 valence electrons. The van der Waals surface area contributed by atoms with E-state index < -0.39 is 0 Å². The maximum atomic E-state index is 5.96. The lowest BCUT2D eigenvalue weighted by atomic mass is 10.1. The topological polar surface area (TPSA) is 29.3 Å². The first-order valence-corrected chi connectivity index (χ1v) is 7.97. The molecule has 0 saturated heterocycles. The summed E-state index contributed by atoms with van der Waals surface area (Å²) in [6, 6.07) is 2.56. The van der Waals surface area contributed by atoms with Crippen LogP contribution in [-0.4, -0.2) is 24.5 Å². The molecule has 1 rings (SSSR count). The van der Waals surface area contributed by atoms with E-state index in [-0.39, 0.29) is 0 Å². The highest BCUT2D eigenvalue weighted by molar-refractivity contribution is 9.10. The van der Waals surface area contributed by atoms with Gasteiger partial charge in [0.1, 0.15) is 0 Å². The van der Waals surface area contributed by atoms with Gasteiger partial charge in [0.15, 0.2) is 0 Å². The van der Waals surface area contributed by atoms with Crippen molar-refractivity contribution in [2.45, 2.75) is 33.2 Å². The summed E-state index contributed by atoms with van der Waals surface area (Å²) in [6.45, 7) is 9.65. The highest BCUT2D eigenvalue weighted by atomic mass is 79.9. The molecule has 17 heavy (non-hydrogen) atoms. The number of hydrogen-bond donors (Lipinski definition) is 1. The summed E-state index contributed by atoms with van der Waals surface area (Å²) >= 11 is 5.31. The average molecular weight is 319 g/mol. The molecule has 0 spiro atoms. The van der Waals surface area contributed by atoms with Crippen LogP contribution in [0.4, 0.5) is 0 Å². The maximum absolute atomic E-state index is 5.96. The second kappa shape index (κ2) is 7.52. The monoisotopic (exact) mass is 318 g/mol. The molecular weight excluding hydrogens is 296 g/mol. The first-order valence-electron chi connectivity index (χ1n) is 6.30. The molecule has 2 nitrogen and oxygen atoms in total. The van der Waals surface area contributed by atoms with Gasteiger partial charge in [0.25, 0.3) is 0 Å². The normalized spacial score (nSPS) is 15.2. The van der Waals surface area contributed by atoms with Gasteiger partial charge in [-0.25, -0.2) is 0 Å². The van der Waals surface area contributed by atoms with Crippen molar-refractivity contribution < 1.29 is 0 Å². The largest absolute Gasteiger partial charge is 0.329 e. The third-order valence-corrected chi connectivity index (χ3v) is 5.02. The first-order chi connectivity index (χ1) is 8.12. The average Bonchev–Trinajstić information content (AvgIpc) is 2.75. The van der Waals surface area contributed by atoms with E-state index in [1.165, 1.54) is 11.3 Å². The number of halogens is 1. The number of nitrogens with zero attached hydrogens (tertiary/aromatic N) is 1. The minimum atomic E-state index is 0.366. The van der Waals surface area contributed by atoms with Crippen LogP contribution in [0, 0.1) is 5.92 Å². The zero-order valence-electron chi connectivity index (χ0n) is 10.9. The van der Waals surface area contributed by atoms with E-state index in [2.05, 4.69) is 53.0 Å². The maximum Gasteiger partial charge on any atom is 0.0564 e. The quantitative estimate of drug-likeness (QED) is 0.826. The Kier molecular flexibility index (Phi) is 6.70. The smallest absolute Gasteiger partial charge is 0.0564 e. The third kappa shape index (κ3) is 4.36. The molecule has 2 N–H and O–H groups in total. The highest BCUT2D eigenvalue weighted by Crippen LogP contribution is 2.29. The zero-order valence-corrected chi connectivity index (χ0v) is 13.4. The molecule has 0 aliphatic rings. The van der Waals surface area contributed by atoms with Gasteiger partial charge in [0, 0.05) is 27.8 Å². The van der Waals surface area contributed by atoms with Crippen LogP contribution in [0.5, 0.6) is 0 Å². The molecule has 1 aromatic rings. The molecule has 0 aliphatic carbocycles. The van der Waals surface area contributed by atoms with E-state index in [0.717, 1.165) is 23.5 Å². The van der Waals surface area contributed by atoms with Gasteiger partial charge in [-0.1, -0.05) is 27.2 Å². The van der Waals surface area contributed by atoms with E-state index in [4.69, 9.17) is 5.73 Å². The molecular formula is C13H23BrN2S. The molecule has 1 heterocycles. The fraction of sp³-hybridized carbons (Fsp3) is 0.692. The molecule has 0 bridgehead atoms. The Labute approximate surface area is 117 Å². The Bertz CT molecular complexity index is 327. The Morgan fingerprint density at radius 2 is 2.18 bits per heavy atom. The van der Waals surface area contributed by atoms with E-state index >= 15 is 0 Å². The van der Waals surface area contributed by atoms with E-state index in [1.807, 2.05) is 0 Å². The van der Waals surface area contributed by atoms with Gasteiger partial charge in [-0.15, -0.1) is 11.3 Å². The van der Waals surface area contributed by atoms with E-state index in [1.54, 1.807) is 11.3 Å². The van der Waals surface area contributed by atoms with Crippen molar-refractivity contribution in [3.8, 4) is 0 Å². The SMILES string of the molecule is CCC(C)CN(CC)C(CN)c1cc(Br)cs1. The molecule has 2 unspecified atom stereocenters. The molecule has 1 aromatic heterocycles. The Morgan fingerprint density at radius 1 is 1.47 bits per heavy atom. The van der Waals surface area contributed by atoms with Crippen LogP contribution in [0.2, 0.25) is 0 Å². The van der Waals surface area contributed by atoms with Crippen molar-refractivity contribution in [1.82, 2.24) is 4.90 Å². The number of likely N-dealkylation sites (N-methyl/N-ethyl adjacent to an activating group) is 1. The van der Waals surface area contributed by atoms with Crippen LogP contribution in [0.1, 0.15) is 38.1 Å². The fourth-order valence-corrected chi connectivity index (χ4v) is 3.55. The Morgan fingerprint density at radius 3 is 2.59 bits per heavy atom. The predicted octanol–water partition coefficient (Wildman–Crippen LogP) is 3.88. The number of rotatable bonds is 7. The molecule has 0 radical (unpaired) electrons. The van der Waals surface area contributed by atoms with Crippen molar-refractivity contribution >= 4 is 27.3 Å². The van der Waals surface area contributed by atoms with Crippen LogP contribution in [0.25, 0.3) is 0 Å². The van der Waals surface area contributed by atoms with E-state index in [0.29, 0.717) is 12.6 Å². The summed E-state index contributed by atoms with van der Waals surface area (Å²) in [4.78, 5) is 3.86. The lowest BCUT2D eigenvalue weighted by Crippen LogP contribution is -2.36. The number of hydrogen-bond acceptors (Lipinski definition) is 3. The van der Waals surface area contributed by atoms with Gasteiger partial charge in [0.2, 0.25) is 0 Å². The van der Waals surface area contributed by atoms with Gasteiger partial charge in [-0.3, -0.25) is 4.90 Å². The van der Waals surface area contributed by atoms with Crippen molar-refractivity contribution in [1.29, 1.82) is 0 Å². The fourth-order valence-electron chi connectivity index (χ4n) is 1.95. The summed E-state index contributed by atoms with van der Waals surface area (Å²) in [5, 5.41) is 2.13. The lowest BCUT2D eigenvalue weighted by molar-refractivity contribution is 0.185. The van der Waals surface area contributed by atoms with Crippen molar-refractivity contribution in [3.05, 3.63) is 20.8 Å². The highest BCUT2D eigenvalue weighted by Gasteiger charge is 2.20. The predicted molar refractivity (Wildman–Crippen MR) is 80.5 cm³/mol.